The molecule has 4 rings (SSSR count). The summed E-state index contributed by atoms with van der Waals surface area (Å²) >= 11 is 0. The van der Waals surface area contributed by atoms with Gasteiger partial charge in [-0.25, -0.2) is 16.8 Å². The van der Waals surface area contributed by atoms with Crippen molar-refractivity contribution in [1.29, 1.82) is 0 Å². The number of carbonyl (C=O) groups is 4. The van der Waals surface area contributed by atoms with Crippen LogP contribution in [0.2, 0.25) is 0 Å². The van der Waals surface area contributed by atoms with Crippen molar-refractivity contribution in [2.24, 2.45) is 5.92 Å². The molecule has 3 aromatic rings. The normalized spacial score (nSPS) is 16.9. The highest BCUT2D eigenvalue weighted by molar-refractivity contribution is 7.92. The Hall–Kier alpha value is -4.56. The van der Waals surface area contributed by atoms with E-state index in [1.54, 1.807) is 38.1 Å². The highest BCUT2D eigenvalue weighted by Crippen LogP contribution is 2.23. The average molecular weight is 861 g/mol. The first kappa shape index (κ1) is 47.1. The molecule has 1 aliphatic heterocycles. The Morgan fingerprint density at radius 1 is 0.661 bits per heavy atom. The van der Waals surface area contributed by atoms with Gasteiger partial charge in [0.15, 0.2) is 25.5 Å². The molecule has 1 unspecified atom stereocenters. The predicted octanol–water partition coefficient (Wildman–Crippen LogP) is 2.59. The molecule has 0 saturated carbocycles. The highest BCUT2D eigenvalue weighted by atomic mass is 32.2. The van der Waals surface area contributed by atoms with Crippen LogP contribution in [-0.4, -0.2) is 135 Å². The fourth-order valence-electron chi connectivity index (χ4n) is 5.86. The Balaban J connectivity index is 1.47. The quantitative estimate of drug-likeness (QED) is 0.176. The highest BCUT2D eigenvalue weighted by Gasteiger charge is 2.33. The molecule has 1 heterocycles. The van der Waals surface area contributed by atoms with Gasteiger partial charge in [-0.1, -0.05) is 47.5 Å². The lowest BCUT2D eigenvalue weighted by molar-refractivity contribution is -0.137. The number of Topliss-reactive ketones (excluding diaryl/α,β-unsaturated/α-hetero) is 1. The predicted molar refractivity (Wildman–Crippen MR) is 215 cm³/mol. The van der Waals surface area contributed by atoms with Crippen LogP contribution in [0, 0.1) is 19.8 Å². The van der Waals surface area contributed by atoms with Gasteiger partial charge in [-0.15, -0.1) is 0 Å². The Labute approximate surface area is 344 Å². The van der Waals surface area contributed by atoms with Crippen molar-refractivity contribution in [3.05, 3.63) is 95.1 Å². The number of carboxylic acid groups (broad SMARTS) is 1. The molecule has 0 radical (unpaired) electrons. The lowest BCUT2D eigenvalue weighted by Crippen LogP contribution is -2.49. The molecule has 0 bridgehead atoms. The van der Waals surface area contributed by atoms with Crippen LogP contribution >= 0.6 is 0 Å². The van der Waals surface area contributed by atoms with E-state index < -0.39 is 79.2 Å². The molecule has 0 aliphatic carbocycles. The molecule has 16 nitrogen and oxygen atoms in total. The van der Waals surface area contributed by atoms with Gasteiger partial charge in [0, 0.05) is 24.1 Å². The number of ether oxygens (including phenoxy) is 5. The first-order valence-electron chi connectivity index (χ1n) is 19.1. The fourth-order valence-corrected chi connectivity index (χ4v) is 9.10. The van der Waals surface area contributed by atoms with Gasteiger partial charge in [0.05, 0.1) is 92.8 Å². The summed E-state index contributed by atoms with van der Waals surface area (Å²) in [6, 6.07) is 15.8. The van der Waals surface area contributed by atoms with E-state index in [9.17, 15) is 41.1 Å². The zero-order chi connectivity index (χ0) is 42.8. The number of amides is 2. The summed E-state index contributed by atoms with van der Waals surface area (Å²) in [5, 5.41) is 14.6. The maximum absolute atomic E-state index is 13.9. The number of sulfone groups is 2. The second kappa shape index (κ2) is 23.3. The lowest BCUT2D eigenvalue weighted by Gasteiger charge is -2.22. The maximum Gasteiger partial charge on any atom is 0.303 e. The van der Waals surface area contributed by atoms with Gasteiger partial charge < -0.3 is 39.4 Å². The van der Waals surface area contributed by atoms with Crippen molar-refractivity contribution in [3.8, 4) is 0 Å². The van der Waals surface area contributed by atoms with Gasteiger partial charge >= 0.3 is 5.97 Å². The van der Waals surface area contributed by atoms with Crippen LogP contribution < -0.4 is 10.6 Å². The summed E-state index contributed by atoms with van der Waals surface area (Å²) in [7, 11) is -8.26. The number of rotatable bonds is 16. The lowest BCUT2D eigenvalue weighted by atomic mass is 9.99. The van der Waals surface area contributed by atoms with E-state index in [4.69, 9.17) is 23.7 Å². The third-order valence-corrected chi connectivity index (χ3v) is 12.8. The van der Waals surface area contributed by atoms with Crippen molar-refractivity contribution in [1.82, 2.24) is 10.6 Å². The summed E-state index contributed by atoms with van der Waals surface area (Å²) in [6.45, 7) is 6.29. The van der Waals surface area contributed by atoms with Crippen LogP contribution in [0.15, 0.2) is 82.6 Å². The molecule has 0 spiro atoms. The molecule has 1 saturated heterocycles. The van der Waals surface area contributed by atoms with Crippen LogP contribution in [0.4, 0.5) is 0 Å². The molecule has 1 fully saturated rings. The third kappa shape index (κ3) is 15.9. The second-order valence-electron chi connectivity index (χ2n) is 13.9. The van der Waals surface area contributed by atoms with Crippen LogP contribution in [0.1, 0.15) is 44.7 Å². The molecular formula is C41H52N2O14S2. The van der Waals surface area contributed by atoms with E-state index in [-0.39, 0.29) is 60.3 Å². The van der Waals surface area contributed by atoms with E-state index >= 15 is 0 Å². The minimum Gasteiger partial charge on any atom is -0.481 e. The van der Waals surface area contributed by atoms with Gasteiger partial charge in [0.1, 0.15) is 6.04 Å². The largest absolute Gasteiger partial charge is 0.481 e. The van der Waals surface area contributed by atoms with Crippen LogP contribution in [0.5, 0.6) is 0 Å². The fraction of sp³-hybridized carbons (Fsp3) is 0.463. The van der Waals surface area contributed by atoms with Gasteiger partial charge in [0.25, 0.3) is 5.91 Å². The molecule has 0 aromatic heterocycles. The number of aliphatic carboxylic acids is 1. The van der Waals surface area contributed by atoms with Crippen LogP contribution in [0.3, 0.4) is 0 Å². The molecule has 1 aliphatic rings. The number of hydrogen-bond acceptors (Lipinski definition) is 13. The van der Waals surface area contributed by atoms with E-state index in [1.165, 1.54) is 48.5 Å². The topological polar surface area (TPSA) is 227 Å². The molecular weight excluding hydrogens is 809 g/mol. The molecule has 18 heteroatoms. The molecule has 3 N–H and O–H groups in total. The number of hydrogen-bond donors (Lipinski definition) is 3. The number of benzene rings is 3. The molecule has 59 heavy (non-hydrogen) atoms. The summed E-state index contributed by atoms with van der Waals surface area (Å²) in [4.78, 5) is 52.0. The van der Waals surface area contributed by atoms with Crippen molar-refractivity contribution < 1.29 is 64.8 Å². The monoisotopic (exact) mass is 860 g/mol. The second-order valence-corrected chi connectivity index (χ2v) is 18.0. The van der Waals surface area contributed by atoms with E-state index in [0.29, 0.717) is 33.0 Å². The molecule has 3 aromatic carbocycles. The van der Waals surface area contributed by atoms with E-state index in [1.807, 2.05) is 0 Å². The average Bonchev–Trinajstić information content (AvgIpc) is 3.21. The van der Waals surface area contributed by atoms with E-state index in [0.717, 1.165) is 11.1 Å². The Morgan fingerprint density at radius 3 is 1.61 bits per heavy atom. The standard InChI is InChI=1S/C41H52N2O14S2/c1-29-3-11-35(12-4-29)58(49,50)27-33(28-59(51,52)36-13-5-30(2)6-14-36)39(46)31-7-9-32(10-8-31)40(47)43-37(15-16-38(44)45)41(48)42-25-34-26-56-22-21-54-18-17-53-19-20-55-23-24-57-34/h3-14,33-34,37H,15-28H2,1-2H3,(H,42,48)(H,43,47)(H,44,45)/t34?,37-/m1/s1. The van der Waals surface area contributed by atoms with Gasteiger partial charge in [-0.3, -0.25) is 19.2 Å². The zero-order valence-electron chi connectivity index (χ0n) is 33.1. The third-order valence-electron chi connectivity index (χ3n) is 9.18. The zero-order valence-corrected chi connectivity index (χ0v) is 34.8. The number of carboxylic acids is 1. The van der Waals surface area contributed by atoms with Crippen molar-refractivity contribution in [2.75, 3.05) is 77.5 Å². The Kier molecular flexibility index (Phi) is 18.6. The minimum absolute atomic E-state index is 0.00281. The summed E-state index contributed by atoms with van der Waals surface area (Å²) in [5.74, 6) is -6.49. The summed E-state index contributed by atoms with van der Waals surface area (Å²) < 4.78 is 81.8. The summed E-state index contributed by atoms with van der Waals surface area (Å²) in [6.07, 6.45) is -1.29. The van der Waals surface area contributed by atoms with Crippen LogP contribution in [-0.2, 0) is 52.9 Å². The van der Waals surface area contributed by atoms with Crippen molar-refractivity contribution >= 4 is 43.2 Å². The minimum atomic E-state index is -4.13. The first-order valence-corrected chi connectivity index (χ1v) is 22.4. The van der Waals surface area contributed by atoms with Crippen molar-refractivity contribution in [3.63, 3.8) is 0 Å². The number of carbonyl (C=O) groups excluding carboxylic acids is 3. The van der Waals surface area contributed by atoms with Crippen molar-refractivity contribution in [2.45, 2.75) is 48.6 Å². The molecule has 2 amide bonds. The Morgan fingerprint density at radius 2 is 1.12 bits per heavy atom. The van der Waals surface area contributed by atoms with Gasteiger partial charge in [0.2, 0.25) is 5.91 Å². The smallest absolute Gasteiger partial charge is 0.303 e. The number of ketones is 1. The molecule has 322 valence electrons. The number of aryl methyl sites for hydroxylation is 2. The Bertz CT molecular complexity index is 1960. The summed E-state index contributed by atoms with van der Waals surface area (Å²) in [5.41, 5.74) is 1.58. The van der Waals surface area contributed by atoms with Crippen LogP contribution in [0.25, 0.3) is 0 Å². The maximum atomic E-state index is 13.9. The first-order chi connectivity index (χ1) is 28.1. The van der Waals surface area contributed by atoms with E-state index in [2.05, 4.69) is 10.6 Å². The molecule has 2 atom stereocenters. The number of nitrogens with one attached hydrogen (secondary N) is 2. The van der Waals surface area contributed by atoms with Gasteiger partial charge in [-0.2, -0.15) is 0 Å². The SMILES string of the molecule is Cc1ccc(S(=O)(=O)CC(CS(=O)(=O)c2ccc(C)cc2)C(=O)c2ccc(C(=O)N[C@H](CCC(=O)O)C(=O)NCC3COCCOCCOCCOCCO3)cc2)cc1. The van der Waals surface area contributed by atoms with Gasteiger partial charge in [-0.05, 0) is 56.7 Å².